The number of hydrogen-bond acceptors (Lipinski definition) is 6. The minimum absolute atomic E-state index is 0.0281. The van der Waals surface area contributed by atoms with Gasteiger partial charge < -0.3 is 15.8 Å². The monoisotopic (exact) mass is 298 g/mol. The van der Waals surface area contributed by atoms with E-state index in [0.717, 1.165) is 5.69 Å². The topological polar surface area (TPSA) is 109 Å². The van der Waals surface area contributed by atoms with Gasteiger partial charge in [0, 0.05) is 18.8 Å². The fourth-order valence-electron chi connectivity index (χ4n) is 2.19. The zero-order valence-electron chi connectivity index (χ0n) is 11.3. The van der Waals surface area contributed by atoms with Crippen LogP contribution in [0.1, 0.15) is 17.7 Å². The molecule has 1 aromatic heterocycles. The second-order valence-corrected chi connectivity index (χ2v) is 7.11. The molecule has 110 valence electrons. The number of aromatic nitrogens is 1. The molecule has 0 aromatic carbocycles. The molecule has 0 amide bonds. The van der Waals surface area contributed by atoms with E-state index in [-0.39, 0.29) is 17.3 Å². The van der Waals surface area contributed by atoms with Crippen LogP contribution in [0.4, 0.5) is 5.82 Å². The van der Waals surface area contributed by atoms with E-state index < -0.39 is 9.84 Å². The van der Waals surface area contributed by atoms with Crippen LogP contribution < -0.4 is 10.6 Å². The summed E-state index contributed by atoms with van der Waals surface area (Å²) in [6.45, 7) is 2.79. The van der Waals surface area contributed by atoms with Crippen LogP contribution in [-0.4, -0.2) is 49.0 Å². The summed E-state index contributed by atoms with van der Waals surface area (Å²) in [5, 5.41) is 11.8. The van der Waals surface area contributed by atoms with Gasteiger partial charge in [-0.25, -0.2) is 13.4 Å². The predicted molar refractivity (Wildman–Crippen MR) is 77.0 cm³/mol. The Balaban J connectivity index is 2.38. The van der Waals surface area contributed by atoms with Gasteiger partial charge in [-0.15, -0.1) is 0 Å². The molecule has 0 aliphatic carbocycles. The summed E-state index contributed by atoms with van der Waals surface area (Å²) >= 11 is 0. The number of sulfone groups is 1. The van der Waals surface area contributed by atoms with Crippen molar-refractivity contribution in [3.05, 3.63) is 23.4 Å². The van der Waals surface area contributed by atoms with Gasteiger partial charge in [0.2, 0.25) is 0 Å². The van der Waals surface area contributed by atoms with Crippen molar-refractivity contribution in [1.82, 2.24) is 4.98 Å². The number of amidine groups is 1. The molecule has 1 aromatic rings. The Kier molecular flexibility index (Phi) is 4.12. The Labute approximate surface area is 118 Å². The van der Waals surface area contributed by atoms with Crippen LogP contribution in [0.2, 0.25) is 0 Å². The standard InChI is InChI=1S/C12H18N4O3S/c1-9-3-4-10(11(13)15-17)12(14-9)16-5-2-7-20(18,19)8-6-16/h3-4,17H,2,5-8H2,1H3,(H2,13,15). The van der Waals surface area contributed by atoms with Crippen molar-refractivity contribution in [1.29, 1.82) is 0 Å². The first-order valence-electron chi connectivity index (χ1n) is 6.34. The Morgan fingerprint density at radius 3 is 2.85 bits per heavy atom. The van der Waals surface area contributed by atoms with E-state index in [1.807, 2.05) is 11.8 Å². The van der Waals surface area contributed by atoms with Crippen molar-refractivity contribution in [2.24, 2.45) is 10.9 Å². The highest BCUT2D eigenvalue weighted by molar-refractivity contribution is 7.91. The fourth-order valence-corrected chi connectivity index (χ4v) is 3.46. The number of pyridine rings is 1. The molecule has 0 saturated carbocycles. The number of oxime groups is 1. The van der Waals surface area contributed by atoms with Crippen molar-refractivity contribution in [3.63, 3.8) is 0 Å². The SMILES string of the molecule is Cc1ccc(/C(N)=N/O)c(N2CCCS(=O)(=O)CC2)n1. The van der Waals surface area contributed by atoms with Gasteiger partial charge in [-0.2, -0.15) is 0 Å². The molecule has 20 heavy (non-hydrogen) atoms. The molecular weight excluding hydrogens is 280 g/mol. The summed E-state index contributed by atoms with van der Waals surface area (Å²) in [5.74, 6) is 0.823. The zero-order chi connectivity index (χ0) is 14.8. The van der Waals surface area contributed by atoms with Crippen LogP contribution in [0.5, 0.6) is 0 Å². The van der Waals surface area contributed by atoms with Crippen LogP contribution in [0.3, 0.4) is 0 Å². The van der Waals surface area contributed by atoms with E-state index >= 15 is 0 Å². The molecule has 8 heteroatoms. The average molecular weight is 298 g/mol. The number of hydrogen-bond donors (Lipinski definition) is 2. The van der Waals surface area contributed by atoms with Gasteiger partial charge in [-0.1, -0.05) is 5.16 Å². The number of nitrogens with two attached hydrogens (primary N) is 1. The summed E-state index contributed by atoms with van der Waals surface area (Å²) < 4.78 is 23.3. The molecule has 0 unspecified atom stereocenters. The van der Waals surface area contributed by atoms with Crippen molar-refractivity contribution in [3.8, 4) is 0 Å². The number of aryl methyl sites for hydroxylation is 1. The molecule has 7 nitrogen and oxygen atoms in total. The molecule has 0 bridgehead atoms. The van der Waals surface area contributed by atoms with Crippen molar-refractivity contribution in [2.75, 3.05) is 29.5 Å². The lowest BCUT2D eigenvalue weighted by Gasteiger charge is -2.23. The maximum absolute atomic E-state index is 11.7. The Hall–Kier alpha value is -1.83. The number of nitrogens with zero attached hydrogens (tertiary/aromatic N) is 3. The summed E-state index contributed by atoms with van der Waals surface area (Å²) in [4.78, 5) is 6.29. The molecule has 2 rings (SSSR count). The van der Waals surface area contributed by atoms with Crippen LogP contribution in [-0.2, 0) is 9.84 Å². The smallest absolute Gasteiger partial charge is 0.173 e. The van der Waals surface area contributed by atoms with Crippen molar-refractivity contribution < 1.29 is 13.6 Å². The van der Waals surface area contributed by atoms with E-state index in [1.54, 1.807) is 12.1 Å². The first-order chi connectivity index (χ1) is 9.43. The lowest BCUT2D eigenvalue weighted by atomic mass is 10.2. The van der Waals surface area contributed by atoms with Crippen LogP contribution in [0, 0.1) is 6.92 Å². The minimum atomic E-state index is -2.99. The van der Waals surface area contributed by atoms with Gasteiger partial charge >= 0.3 is 0 Å². The van der Waals surface area contributed by atoms with Gasteiger partial charge in [0.05, 0.1) is 17.1 Å². The molecule has 1 aliphatic rings. The first-order valence-corrected chi connectivity index (χ1v) is 8.16. The van der Waals surface area contributed by atoms with E-state index in [0.29, 0.717) is 30.9 Å². The highest BCUT2D eigenvalue weighted by Gasteiger charge is 2.22. The Morgan fingerprint density at radius 1 is 1.40 bits per heavy atom. The summed E-state index contributed by atoms with van der Waals surface area (Å²) in [7, 11) is -2.99. The third-order valence-corrected chi connectivity index (χ3v) is 4.97. The zero-order valence-corrected chi connectivity index (χ0v) is 12.1. The summed E-state index contributed by atoms with van der Waals surface area (Å²) in [6.07, 6.45) is 0.549. The molecule has 0 radical (unpaired) electrons. The normalized spacial score (nSPS) is 19.6. The van der Waals surface area contributed by atoms with E-state index in [2.05, 4.69) is 10.1 Å². The van der Waals surface area contributed by atoms with Crippen LogP contribution in [0.15, 0.2) is 17.3 Å². The maximum atomic E-state index is 11.7. The molecule has 0 atom stereocenters. The van der Waals surface area contributed by atoms with Crippen LogP contribution in [0.25, 0.3) is 0 Å². The molecular formula is C12H18N4O3S. The Bertz CT molecular complexity index is 628. The lowest BCUT2D eigenvalue weighted by Crippen LogP contribution is -2.30. The number of anilines is 1. The highest BCUT2D eigenvalue weighted by atomic mass is 32.2. The second kappa shape index (κ2) is 5.66. The van der Waals surface area contributed by atoms with Crippen molar-refractivity contribution >= 4 is 21.5 Å². The van der Waals surface area contributed by atoms with Gasteiger partial charge in [0.1, 0.15) is 5.82 Å². The molecule has 1 aliphatic heterocycles. The average Bonchev–Trinajstić information content (AvgIpc) is 2.58. The molecule has 2 heterocycles. The third kappa shape index (κ3) is 3.19. The summed E-state index contributed by atoms with van der Waals surface area (Å²) in [5.41, 5.74) is 6.96. The first kappa shape index (κ1) is 14.6. The lowest BCUT2D eigenvalue weighted by molar-refractivity contribution is 0.318. The van der Waals surface area contributed by atoms with Crippen molar-refractivity contribution in [2.45, 2.75) is 13.3 Å². The maximum Gasteiger partial charge on any atom is 0.173 e. The third-order valence-electron chi connectivity index (χ3n) is 3.25. The molecule has 1 fully saturated rings. The van der Waals surface area contributed by atoms with Gasteiger partial charge in [-0.05, 0) is 25.5 Å². The predicted octanol–water partition coefficient (Wildman–Crippen LogP) is 0.109. The van der Waals surface area contributed by atoms with Crippen LogP contribution >= 0.6 is 0 Å². The molecule has 0 spiro atoms. The van der Waals surface area contributed by atoms with E-state index in [4.69, 9.17) is 10.9 Å². The van der Waals surface area contributed by atoms with E-state index in [9.17, 15) is 8.42 Å². The Morgan fingerprint density at radius 2 is 2.15 bits per heavy atom. The molecule has 1 saturated heterocycles. The van der Waals surface area contributed by atoms with E-state index in [1.165, 1.54) is 0 Å². The second-order valence-electron chi connectivity index (χ2n) is 4.80. The van der Waals surface area contributed by atoms with Gasteiger partial charge in [0.25, 0.3) is 0 Å². The highest BCUT2D eigenvalue weighted by Crippen LogP contribution is 2.20. The van der Waals surface area contributed by atoms with Gasteiger partial charge in [0.15, 0.2) is 15.7 Å². The number of rotatable bonds is 2. The fraction of sp³-hybridized carbons (Fsp3) is 0.500. The minimum Gasteiger partial charge on any atom is -0.409 e. The molecule has 3 N–H and O–H groups in total. The largest absolute Gasteiger partial charge is 0.409 e. The quantitative estimate of drug-likeness (QED) is 0.347. The summed E-state index contributed by atoms with van der Waals surface area (Å²) in [6, 6.07) is 3.50. The van der Waals surface area contributed by atoms with Gasteiger partial charge in [-0.3, -0.25) is 0 Å².